The van der Waals surface area contributed by atoms with Gasteiger partial charge in [-0.2, -0.15) is 0 Å². The van der Waals surface area contributed by atoms with Crippen LogP contribution in [0.3, 0.4) is 0 Å². The predicted octanol–water partition coefficient (Wildman–Crippen LogP) is 1.80. The van der Waals surface area contributed by atoms with Crippen molar-refractivity contribution in [1.82, 2.24) is 5.32 Å². The number of carbonyl (C=O) groups is 1. The molecule has 1 aromatic carbocycles. The lowest BCUT2D eigenvalue weighted by atomic mass is 9.93. The van der Waals surface area contributed by atoms with Gasteiger partial charge in [-0.05, 0) is 71.4 Å². The Morgan fingerprint density at radius 2 is 2.00 bits per heavy atom. The molecular weight excluding hydrogens is 332 g/mol. The summed E-state index contributed by atoms with van der Waals surface area (Å²) < 4.78 is 1.09. The zero-order valence-corrected chi connectivity index (χ0v) is 13.7. The average Bonchev–Trinajstić information content (AvgIpc) is 2.72. The van der Waals surface area contributed by atoms with Crippen LogP contribution in [0.4, 0.5) is 5.69 Å². The van der Waals surface area contributed by atoms with Crippen molar-refractivity contribution in [2.24, 2.45) is 0 Å². The number of benzene rings is 1. The van der Waals surface area contributed by atoms with Crippen LogP contribution in [0.1, 0.15) is 29.5 Å². The molecule has 0 bridgehead atoms. The Labute approximate surface area is 133 Å². The van der Waals surface area contributed by atoms with Gasteiger partial charge >= 0.3 is 0 Å². The van der Waals surface area contributed by atoms with Crippen molar-refractivity contribution in [3.8, 4) is 0 Å². The second kappa shape index (κ2) is 6.46. The summed E-state index contributed by atoms with van der Waals surface area (Å²) in [5.41, 5.74) is 5.05. The van der Waals surface area contributed by atoms with Crippen molar-refractivity contribution >= 4 is 27.5 Å². The normalized spacial score (nSPS) is 18.2. The van der Waals surface area contributed by atoms with E-state index in [2.05, 4.69) is 27.3 Å². The number of hydrogen-bond donors (Lipinski definition) is 2. The Hall–Kier alpha value is -0.910. The number of rotatable bonds is 3. The second-order valence-corrected chi connectivity index (χ2v) is 6.50. The van der Waals surface area contributed by atoms with Crippen molar-refractivity contribution in [1.29, 1.82) is 0 Å². The molecule has 0 aromatic heterocycles. The number of anilines is 1. The fourth-order valence-corrected chi connectivity index (χ4v) is 4.22. The van der Waals surface area contributed by atoms with E-state index >= 15 is 0 Å². The quantitative estimate of drug-likeness (QED) is 0.871. The first-order valence-electron chi connectivity index (χ1n) is 7.67. The number of nitrogens with zero attached hydrogens (tertiary/aromatic N) is 1. The highest BCUT2D eigenvalue weighted by Gasteiger charge is 2.28. The van der Waals surface area contributed by atoms with E-state index in [9.17, 15) is 4.79 Å². The van der Waals surface area contributed by atoms with Gasteiger partial charge in [-0.3, -0.25) is 4.79 Å². The van der Waals surface area contributed by atoms with Crippen LogP contribution in [0.25, 0.3) is 0 Å². The topological polar surface area (TPSA) is 52.6 Å². The zero-order valence-electron chi connectivity index (χ0n) is 12.1. The number of aryl methyl sites for hydroxylation is 1. The number of halogens is 1. The van der Waals surface area contributed by atoms with Crippen LogP contribution < -0.4 is 10.2 Å². The van der Waals surface area contributed by atoms with Gasteiger partial charge in [-0.1, -0.05) is 6.07 Å². The maximum absolute atomic E-state index is 12.3. The minimum Gasteiger partial charge on any atom is -0.396 e. The zero-order chi connectivity index (χ0) is 14.8. The Morgan fingerprint density at radius 1 is 1.19 bits per heavy atom. The number of amides is 1. The number of aliphatic hydroxyl groups excluding tert-OH is 1. The molecule has 0 aliphatic carbocycles. The van der Waals surface area contributed by atoms with E-state index in [0.717, 1.165) is 42.5 Å². The summed E-state index contributed by atoms with van der Waals surface area (Å²) in [6.45, 7) is 2.71. The van der Waals surface area contributed by atoms with Gasteiger partial charge in [0.05, 0.1) is 5.69 Å². The smallest absolute Gasteiger partial charge is 0.227 e. The number of nitrogens with one attached hydrogen (secondary N) is 1. The maximum atomic E-state index is 12.3. The van der Waals surface area contributed by atoms with E-state index in [-0.39, 0.29) is 12.5 Å². The Balaban J connectivity index is 2.05. The molecule has 3 rings (SSSR count). The van der Waals surface area contributed by atoms with Gasteiger partial charge in [0.1, 0.15) is 0 Å². The SMILES string of the molecule is O=C1CCc2cc3c(c(Br)c2N1CCCO)CCNCC3. The molecule has 0 spiro atoms. The third-order valence-electron chi connectivity index (χ3n) is 4.35. The van der Waals surface area contributed by atoms with Gasteiger partial charge in [0.25, 0.3) is 0 Å². The molecule has 2 aliphatic rings. The standard InChI is InChI=1S/C16H21BrN2O2/c17-15-13-5-7-18-6-4-11(13)10-12-2-3-14(21)19(16(12)15)8-1-9-20/h10,18,20H,1-9H2. The van der Waals surface area contributed by atoms with E-state index in [1.54, 1.807) is 0 Å². The molecule has 4 nitrogen and oxygen atoms in total. The van der Waals surface area contributed by atoms with E-state index in [1.807, 2.05) is 4.90 Å². The summed E-state index contributed by atoms with van der Waals surface area (Å²) >= 11 is 3.76. The van der Waals surface area contributed by atoms with Crippen LogP contribution >= 0.6 is 15.9 Å². The van der Waals surface area contributed by atoms with Gasteiger partial charge in [-0.15, -0.1) is 0 Å². The summed E-state index contributed by atoms with van der Waals surface area (Å²) in [6.07, 6.45) is 4.05. The van der Waals surface area contributed by atoms with Crippen LogP contribution in [-0.4, -0.2) is 37.3 Å². The Kier molecular flexibility index (Phi) is 4.62. The molecule has 0 atom stereocenters. The largest absolute Gasteiger partial charge is 0.396 e. The van der Waals surface area contributed by atoms with Crippen LogP contribution in [0.15, 0.2) is 10.5 Å². The molecule has 2 heterocycles. The van der Waals surface area contributed by atoms with Gasteiger partial charge in [0.15, 0.2) is 0 Å². The second-order valence-electron chi connectivity index (χ2n) is 5.71. The van der Waals surface area contributed by atoms with E-state index in [1.165, 1.54) is 16.7 Å². The minimum atomic E-state index is 0.117. The van der Waals surface area contributed by atoms with Gasteiger partial charge < -0.3 is 15.3 Å². The van der Waals surface area contributed by atoms with Crippen molar-refractivity contribution in [2.45, 2.75) is 32.1 Å². The summed E-state index contributed by atoms with van der Waals surface area (Å²) in [4.78, 5) is 14.1. The highest BCUT2D eigenvalue weighted by molar-refractivity contribution is 9.10. The highest BCUT2D eigenvalue weighted by atomic mass is 79.9. The Morgan fingerprint density at radius 3 is 2.81 bits per heavy atom. The summed E-state index contributed by atoms with van der Waals surface area (Å²) in [5.74, 6) is 0.170. The third kappa shape index (κ3) is 2.87. The summed E-state index contributed by atoms with van der Waals surface area (Å²) in [7, 11) is 0. The fourth-order valence-electron chi connectivity index (χ4n) is 3.29. The molecule has 5 heteroatoms. The third-order valence-corrected chi connectivity index (χ3v) is 5.21. The van der Waals surface area contributed by atoms with E-state index in [4.69, 9.17) is 5.11 Å². The molecule has 1 aromatic rings. The molecular formula is C16H21BrN2O2. The fraction of sp³-hybridized carbons (Fsp3) is 0.562. The monoisotopic (exact) mass is 352 g/mol. The molecule has 2 N–H and O–H groups in total. The maximum Gasteiger partial charge on any atom is 0.227 e. The van der Waals surface area contributed by atoms with E-state index < -0.39 is 0 Å². The molecule has 1 amide bonds. The van der Waals surface area contributed by atoms with Crippen LogP contribution in [0.2, 0.25) is 0 Å². The molecule has 0 radical (unpaired) electrons. The summed E-state index contributed by atoms with van der Waals surface area (Å²) in [5, 5.41) is 12.5. The van der Waals surface area contributed by atoms with Crippen molar-refractivity contribution < 1.29 is 9.90 Å². The first kappa shape index (κ1) is 15.0. The van der Waals surface area contributed by atoms with Crippen molar-refractivity contribution in [2.75, 3.05) is 31.1 Å². The minimum absolute atomic E-state index is 0.117. The number of aliphatic hydroxyl groups is 1. The number of carbonyl (C=O) groups excluding carboxylic acids is 1. The molecule has 0 unspecified atom stereocenters. The molecule has 2 aliphatic heterocycles. The molecule has 0 saturated heterocycles. The predicted molar refractivity (Wildman–Crippen MR) is 86.8 cm³/mol. The van der Waals surface area contributed by atoms with Gasteiger partial charge in [0.2, 0.25) is 5.91 Å². The van der Waals surface area contributed by atoms with E-state index in [0.29, 0.717) is 19.4 Å². The lowest BCUT2D eigenvalue weighted by Crippen LogP contribution is -2.37. The summed E-state index contributed by atoms with van der Waals surface area (Å²) in [6, 6.07) is 2.29. The van der Waals surface area contributed by atoms with Crippen molar-refractivity contribution in [3.05, 3.63) is 27.2 Å². The van der Waals surface area contributed by atoms with Crippen LogP contribution in [-0.2, 0) is 24.1 Å². The van der Waals surface area contributed by atoms with Gasteiger partial charge in [0, 0.05) is 24.0 Å². The van der Waals surface area contributed by atoms with Crippen LogP contribution in [0.5, 0.6) is 0 Å². The highest BCUT2D eigenvalue weighted by Crippen LogP contribution is 2.40. The van der Waals surface area contributed by atoms with Crippen molar-refractivity contribution in [3.63, 3.8) is 0 Å². The molecule has 21 heavy (non-hydrogen) atoms. The molecule has 114 valence electrons. The molecule has 0 saturated carbocycles. The number of fused-ring (bicyclic) bond motifs is 2. The lowest BCUT2D eigenvalue weighted by molar-refractivity contribution is -0.118. The lowest BCUT2D eigenvalue weighted by Gasteiger charge is -2.32. The van der Waals surface area contributed by atoms with Crippen LogP contribution in [0, 0.1) is 0 Å². The number of hydrogen-bond acceptors (Lipinski definition) is 3. The first-order valence-corrected chi connectivity index (χ1v) is 8.46. The average molecular weight is 353 g/mol. The Bertz CT molecular complexity index is 560. The van der Waals surface area contributed by atoms with Gasteiger partial charge in [-0.25, -0.2) is 0 Å². The first-order chi connectivity index (χ1) is 10.2. The molecule has 0 fully saturated rings.